The van der Waals surface area contributed by atoms with Gasteiger partial charge in [0.25, 0.3) is 5.91 Å². The molecular formula is C20H17N3O3. The van der Waals surface area contributed by atoms with Gasteiger partial charge in [-0.15, -0.1) is 0 Å². The predicted molar refractivity (Wildman–Crippen MR) is 97.4 cm³/mol. The summed E-state index contributed by atoms with van der Waals surface area (Å²) in [7, 11) is 1.82. The monoisotopic (exact) mass is 347 g/mol. The number of anilines is 1. The van der Waals surface area contributed by atoms with E-state index in [0.717, 1.165) is 22.6 Å². The Morgan fingerprint density at radius 2 is 1.85 bits per heavy atom. The van der Waals surface area contributed by atoms with E-state index in [2.05, 4.69) is 10.4 Å². The second kappa shape index (κ2) is 6.15. The molecule has 1 amide bonds. The molecule has 2 heterocycles. The Kier molecular flexibility index (Phi) is 3.80. The molecule has 1 aliphatic rings. The van der Waals surface area contributed by atoms with Crippen LogP contribution >= 0.6 is 0 Å². The fraction of sp³-hybridized carbons (Fsp3) is 0.150. The topological polar surface area (TPSA) is 73.2 Å². The number of aryl methyl sites for hydroxylation is 1. The summed E-state index contributed by atoms with van der Waals surface area (Å²) in [5.41, 5.74) is 4.13. The minimum absolute atomic E-state index is 0.0162. The average molecular weight is 347 g/mol. The van der Waals surface area contributed by atoms with Crippen molar-refractivity contribution in [3.63, 3.8) is 0 Å². The van der Waals surface area contributed by atoms with Gasteiger partial charge in [-0.25, -0.2) is 0 Å². The lowest BCUT2D eigenvalue weighted by atomic mass is 10.0. The van der Waals surface area contributed by atoms with E-state index >= 15 is 0 Å². The molecule has 1 aromatic heterocycles. The molecule has 6 nitrogen and oxygen atoms in total. The fourth-order valence-corrected chi connectivity index (χ4v) is 3.14. The third-order valence-electron chi connectivity index (χ3n) is 4.42. The first-order valence-corrected chi connectivity index (χ1v) is 8.25. The molecule has 0 spiro atoms. The standard InChI is InChI=1S/C20H17N3O3/c1-12(24)13-7-9-14(10-8-13)21-20(25)18-16-11-26-17-6-4-3-5-15(17)19(16)23(2)22-18/h3-10H,11H2,1-2H3,(H,21,25). The van der Waals surface area contributed by atoms with Crippen molar-refractivity contribution < 1.29 is 14.3 Å². The van der Waals surface area contributed by atoms with E-state index in [0.29, 0.717) is 23.6 Å². The Hall–Kier alpha value is -3.41. The normalized spacial score (nSPS) is 11.9. The highest BCUT2D eigenvalue weighted by Crippen LogP contribution is 2.38. The lowest BCUT2D eigenvalue weighted by molar-refractivity contribution is 0.101. The molecule has 1 N–H and O–H groups in total. The largest absolute Gasteiger partial charge is 0.488 e. The number of carbonyl (C=O) groups is 2. The molecule has 0 bridgehead atoms. The van der Waals surface area contributed by atoms with Crippen LogP contribution in [0.5, 0.6) is 5.75 Å². The molecule has 0 saturated heterocycles. The summed E-state index contributed by atoms with van der Waals surface area (Å²) < 4.78 is 7.49. The van der Waals surface area contributed by atoms with Gasteiger partial charge in [0.1, 0.15) is 12.4 Å². The van der Waals surface area contributed by atoms with Crippen LogP contribution in [-0.2, 0) is 13.7 Å². The first-order valence-electron chi connectivity index (χ1n) is 8.25. The maximum atomic E-state index is 12.7. The summed E-state index contributed by atoms with van der Waals surface area (Å²) in [6.07, 6.45) is 0. The summed E-state index contributed by atoms with van der Waals surface area (Å²) in [6.45, 7) is 1.80. The Morgan fingerprint density at radius 1 is 1.12 bits per heavy atom. The van der Waals surface area contributed by atoms with E-state index in [9.17, 15) is 9.59 Å². The molecule has 0 fully saturated rings. The number of ether oxygens (including phenoxy) is 1. The van der Waals surface area contributed by atoms with Crippen LogP contribution in [0, 0.1) is 0 Å². The third kappa shape index (κ3) is 2.65. The van der Waals surface area contributed by atoms with Gasteiger partial charge in [0, 0.05) is 29.4 Å². The SMILES string of the molecule is CC(=O)c1ccc(NC(=O)c2nn(C)c3c2COc2ccccc2-3)cc1. The zero-order chi connectivity index (χ0) is 18.3. The predicted octanol–water partition coefficient (Wildman–Crippen LogP) is 3.43. The van der Waals surface area contributed by atoms with E-state index < -0.39 is 0 Å². The maximum absolute atomic E-state index is 12.7. The first kappa shape index (κ1) is 16.1. The Bertz CT molecular complexity index is 1020. The number of para-hydroxylation sites is 1. The van der Waals surface area contributed by atoms with E-state index in [1.165, 1.54) is 6.92 Å². The van der Waals surface area contributed by atoms with Crippen LogP contribution < -0.4 is 10.1 Å². The minimum Gasteiger partial charge on any atom is -0.488 e. The highest BCUT2D eigenvalue weighted by atomic mass is 16.5. The van der Waals surface area contributed by atoms with E-state index in [1.807, 2.05) is 31.3 Å². The van der Waals surface area contributed by atoms with Gasteiger partial charge in [-0.05, 0) is 43.3 Å². The smallest absolute Gasteiger partial charge is 0.276 e. The van der Waals surface area contributed by atoms with Gasteiger partial charge in [-0.1, -0.05) is 12.1 Å². The van der Waals surface area contributed by atoms with E-state index in [4.69, 9.17) is 4.74 Å². The number of benzene rings is 2. The number of carbonyl (C=O) groups excluding carboxylic acids is 2. The molecule has 130 valence electrons. The van der Waals surface area contributed by atoms with Crippen LogP contribution in [0.3, 0.4) is 0 Å². The highest BCUT2D eigenvalue weighted by molar-refractivity contribution is 6.05. The second-order valence-corrected chi connectivity index (χ2v) is 6.17. The Balaban J connectivity index is 1.65. The molecule has 0 atom stereocenters. The molecule has 1 aliphatic heterocycles. The number of aromatic nitrogens is 2. The van der Waals surface area contributed by atoms with Crippen LogP contribution in [0.4, 0.5) is 5.69 Å². The quantitative estimate of drug-likeness (QED) is 0.737. The van der Waals surface area contributed by atoms with Crippen molar-refractivity contribution in [1.82, 2.24) is 9.78 Å². The zero-order valence-electron chi connectivity index (χ0n) is 14.4. The molecule has 0 radical (unpaired) electrons. The van der Waals surface area contributed by atoms with Gasteiger partial charge < -0.3 is 10.1 Å². The fourth-order valence-electron chi connectivity index (χ4n) is 3.14. The summed E-state index contributed by atoms with van der Waals surface area (Å²) in [5, 5.41) is 7.23. The van der Waals surface area contributed by atoms with Crippen molar-refractivity contribution in [3.8, 4) is 17.0 Å². The number of ketones is 1. The molecule has 0 aliphatic carbocycles. The van der Waals surface area contributed by atoms with Gasteiger partial charge in [-0.2, -0.15) is 5.10 Å². The van der Waals surface area contributed by atoms with Crippen LogP contribution in [0.15, 0.2) is 48.5 Å². The molecule has 0 unspecified atom stereocenters. The number of rotatable bonds is 3. The first-order chi connectivity index (χ1) is 12.5. The molecule has 26 heavy (non-hydrogen) atoms. The van der Waals surface area contributed by atoms with Crippen LogP contribution in [0.1, 0.15) is 33.3 Å². The van der Waals surface area contributed by atoms with E-state index in [-0.39, 0.29) is 11.7 Å². The van der Waals surface area contributed by atoms with Gasteiger partial charge in [0.05, 0.1) is 5.69 Å². The minimum atomic E-state index is -0.305. The van der Waals surface area contributed by atoms with Crippen molar-refractivity contribution in [2.24, 2.45) is 7.05 Å². The lowest BCUT2D eigenvalue weighted by Crippen LogP contribution is -2.16. The number of fused-ring (bicyclic) bond motifs is 3. The number of Topliss-reactive ketones (excluding diaryl/α,β-unsaturated/α-hetero) is 1. The van der Waals surface area contributed by atoms with Crippen LogP contribution in [0.2, 0.25) is 0 Å². The molecule has 3 aromatic rings. The van der Waals surface area contributed by atoms with Crippen molar-refractivity contribution in [3.05, 3.63) is 65.4 Å². The average Bonchev–Trinajstić information content (AvgIpc) is 2.99. The third-order valence-corrected chi connectivity index (χ3v) is 4.42. The number of hydrogen-bond acceptors (Lipinski definition) is 4. The highest BCUT2D eigenvalue weighted by Gasteiger charge is 2.28. The van der Waals surface area contributed by atoms with Gasteiger partial charge in [0.15, 0.2) is 11.5 Å². The van der Waals surface area contributed by atoms with Gasteiger partial charge in [0.2, 0.25) is 0 Å². The van der Waals surface area contributed by atoms with Gasteiger partial charge >= 0.3 is 0 Å². The summed E-state index contributed by atoms with van der Waals surface area (Å²) >= 11 is 0. The van der Waals surface area contributed by atoms with Crippen LogP contribution in [0.25, 0.3) is 11.3 Å². The Morgan fingerprint density at radius 3 is 2.58 bits per heavy atom. The van der Waals surface area contributed by atoms with Crippen molar-refractivity contribution >= 4 is 17.4 Å². The zero-order valence-corrected chi connectivity index (χ0v) is 14.4. The number of nitrogens with one attached hydrogen (secondary N) is 1. The summed E-state index contributed by atoms with van der Waals surface area (Å²) in [6, 6.07) is 14.5. The van der Waals surface area contributed by atoms with Crippen molar-refractivity contribution in [2.75, 3.05) is 5.32 Å². The van der Waals surface area contributed by atoms with Crippen molar-refractivity contribution in [1.29, 1.82) is 0 Å². The lowest BCUT2D eigenvalue weighted by Gasteiger charge is -2.18. The number of nitrogens with zero attached hydrogens (tertiary/aromatic N) is 2. The molecular weight excluding hydrogens is 330 g/mol. The van der Waals surface area contributed by atoms with Gasteiger partial charge in [-0.3, -0.25) is 14.3 Å². The number of hydrogen-bond donors (Lipinski definition) is 1. The molecule has 4 rings (SSSR count). The van der Waals surface area contributed by atoms with Crippen molar-refractivity contribution in [2.45, 2.75) is 13.5 Å². The van der Waals surface area contributed by atoms with Crippen LogP contribution in [-0.4, -0.2) is 21.5 Å². The Labute approximate surface area is 150 Å². The van der Waals surface area contributed by atoms with E-state index in [1.54, 1.807) is 28.9 Å². The second-order valence-electron chi connectivity index (χ2n) is 6.17. The summed E-state index contributed by atoms with van der Waals surface area (Å²) in [4.78, 5) is 24.1. The molecule has 6 heteroatoms. The molecule has 2 aromatic carbocycles. The molecule has 0 saturated carbocycles. The maximum Gasteiger partial charge on any atom is 0.276 e. The summed E-state index contributed by atoms with van der Waals surface area (Å²) in [5.74, 6) is 0.465. The number of amides is 1.